The number of fused-ring (bicyclic) bond motifs is 1. The molecule has 0 saturated heterocycles. The third-order valence-corrected chi connectivity index (χ3v) is 5.60. The van der Waals surface area contributed by atoms with E-state index in [-0.39, 0.29) is 17.8 Å². The van der Waals surface area contributed by atoms with Gasteiger partial charge in [-0.25, -0.2) is 9.37 Å². The van der Waals surface area contributed by atoms with Gasteiger partial charge in [0.25, 0.3) is 5.91 Å². The third kappa shape index (κ3) is 4.35. The van der Waals surface area contributed by atoms with Crippen LogP contribution in [0.5, 0.6) is 0 Å². The van der Waals surface area contributed by atoms with E-state index in [0.717, 1.165) is 42.6 Å². The molecule has 2 N–H and O–H groups in total. The van der Waals surface area contributed by atoms with Gasteiger partial charge in [-0.3, -0.25) is 4.79 Å². The van der Waals surface area contributed by atoms with Crippen molar-refractivity contribution in [3.05, 3.63) is 64.2 Å². The summed E-state index contributed by atoms with van der Waals surface area (Å²) in [5, 5.41) is 6.49. The van der Waals surface area contributed by atoms with Crippen molar-refractivity contribution in [3.8, 4) is 0 Å². The van der Waals surface area contributed by atoms with Crippen molar-refractivity contribution < 1.29 is 9.18 Å². The minimum Gasteiger partial charge on any atom is -0.348 e. The minimum atomic E-state index is -0.229. The molecule has 0 bridgehead atoms. The predicted molar refractivity (Wildman–Crippen MR) is 103 cm³/mol. The maximum atomic E-state index is 13.6. The van der Waals surface area contributed by atoms with Gasteiger partial charge in [-0.1, -0.05) is 31.4 Å². The number of halogens is 1. The number of pyridine rings is 1. The molecule has 1 fully saturated rings. The Morgan fingerprint density at radius 1 is 1.22 bits per heavy atom. The van der Waals surface area contributed by atoms with Crippen LogP contribution < -0.4 is 10.6 Å². The van der Waals surface area contributed by atoms with Crippen LogP contribution in [0.2, 0.25) is 0 Å². The molecule has 142 valence electrons. The fourth-order valence-electron chi connectivity index (χ4n) is 4.20. The molecule has 27 heavy (non-hydrogen) atoms. The molecule has 2 aliphatic rings. The Bertz CT molecular complexity index is 830. The summed E-state index contributed by atoms with van der Waals surface area (Å²) in [5.41, 5.74) is 4.63. The first-order valence-corrected chi connectivity index (χ1v) is 9.97. The van der Waals surface area contributed by atoms with E-state index in [1.54, 1.807) is 12.1 Å². The van der Waals surface area contributed by atoms with Crippen LogP contribution in [0.15, 0.2) is 30.3 Å². The van der Waals surface area contributed by atoms with Gasteiger partial charge < -0.3 is 10.6 Å². The fourth-order valence-corrected chi connectivity index (χ4v) is 4.20. The van der Waals surface area contributed by atoms with Crippen LogP contribution in [-0.2, 0) is 19.4 Å². The lowest BCUT2D eigenvalue weighted by Gasteiger charge is -2.24. The topological polar surface area (TPSA) is 54.0 Å². The standard InChI is InChI=1S/C22H26FN3O/c23-17-6-4-5-15(12-17)11-16-13-20(26-21-14-24-10-9-19(16)21)22(27)25-18-7-2-1-3-8-18/h4-6,12-13,18,24H,1-3,7-11,14H2,(H,25,27). The highest BCUT2D eigenvalue weighted by Crippen LogP contribution is 2.23. The van der Waals surface area contributed by atoms with Crippen molar-refractivity contribution in [1.82, 2.24) is 15.6 Å². The average molecular weight is 367 g/mol. The summed E-state index contributed by atoms with van der Waals surface area (Å²) in [6.45, 7) is 1.58. The van der Waals surface area contributed by atoms with Gasteiger partial charge >= 0.3 is 0 Å². The molecule has 1 aromatic carbocycles. The molecule has 1 saturated carbocycles. The first kappa shape index (κ1) is 18.1. The van der Waals surface area contributed by atoms with Gasteiger partial charge in [0, 0.05) is 12.6 Å². The molecule has 0 spiro atoms. The molecule has 0 atom stereocenters. The Kier molecular flexibility index (Phi) is 5.48. The lowest BCUT2D eigenvalue weighted by molar-refractivity contribution is 0.0922. The second-order valence-electron chi connectivity index (χ2n) is 7.63. The Morgan fingerprint density at radius 3 is 2.89 bits per heavy atom. The van der Waals surface area contributed by atoms with Gasteiger partial charge in [-0.2, -0.15) is 0 Å². The minimum absolute atomic E-state index is 0.0873. The Morgan fingerprint density at radius 2 is 2.07 bits per heavy atom. The first-order chi connectivity index (χ1) is 13.2. The number of nitrogens with zero attached hydrogens (tertiary/aromatic N) is 1. The number of amides is 1. The van der Waals surface area contributed by atoms with Crippen molar-refractivity contribution in [2.45, 2.75) is 57.5 Å². The number of carbonyl (C=O) groups excluding carboxylic acids is 1. The molecule has 2 heterocycles. The molecule has 0 radical (unpaired) electrons. The van der Waals surface area contributed by atoms with Crippen LogP contribution >= 0.6 is 0 Å². The second kappa shape index (κ2) is 8.17. The number of benzene rings is 1. The van der Waals surface area contributed by atoms with E-state index in [0.29, 0.717) is 18.7 Å². The average Bonchev–Trinajstić information content (AvgIpc) is 2.69. The lowest BCUT2D eigenvalue weighted by Crippen LogP contribution is -2.37. The summed E-state index contributed by atoms with van der Waals surface area (Å²) >= 11 is 0. The zero-order valence-corrected chi connectivity index (χ0v) is 15.6. The number of carbonyl (C=O) groups is 1. The highest BCUT2D eigenvalue weighted by atomic mass is 19.1. The Balaban J connectivity index is 1.61. The Labute approximate surface area is 159 Å². The number of hydrogen-bond acceptors (Lipinski definition) is 3. The van der Waals surface area contributed by atoms with Crippen molar-refractivity contribution >= 4 is 5.91 Å². The van der Waals surface area contributed by atoms with E-state index < -0.39 is 0 Å². The molecular formula is C22H26FN3O. The first-order valence-electron chi connectivity index (χ1n) is 9.97. The maximum absolute atomic E-state index is 13.6. The van der Waals surface area contributed by atoms with Gasteiger partial charge in [0.1, 0.15) is 11.5 Å². The molecule has 4 nitrogen and oxygen atoms in total. The van der Waals surface area contributed by atoms with Crippen LogP contribution in [0.4, 0.5) is 4.39 Å². The summed E-state index contributed by atoms with van der Waals surface area (Å²) < 4.78 is 13.6. The molecule has 1 aliphatic carbocycles. The second-order valence-corrected chi connectivity index (χ2v) is 7.63. The molecule has 1 aromatic heterocycles. The highest BCUT2D eigenvalue weighted by Gasteiger charge is 2.21. The Hall–Kier alpha value is -2.27. The zero-order valence-electron chi connectivity index (χ0n) is 15.6. The largest absolute Gasteiger partial charge is 0.348 e. The van der Waals surface area contributed by atoms with E-state index in [1.807, 2.05) is 12.1 Å². The number of rotatable bonds is 4. The van der Waals surface area contributed by atoms with Gasteiger partial charge in [0.05, 0.1) is 5.69 Å². The third-order valence-electron chi connectivity index (χ3n) is 5.60. The summed E-state index contributed by atoms with van der Waals surface area (Å²) in [7, 11) is 0. The van der Waals surface area contributed by atoms with Crippen molar-refractivity contribution in [3.63, 3.8) is 0 Å². The van der Waals surface area contributed by atoms with Crippen LogP contribution in [0.25, 0.3) is 0 Å². The van der Waals surface area contributed by atoms with Crippen LogP contribution in [0.3, 0.4) is 0 Å². The molecule has 4 rings (SSSR count). The highest BCUT2D eigenvalue weighted by molar-refractivity contribution is 5.92. The molecule has 2 aromatic rings. The monoisotopic (exact) mass is 367 g/mol. The quantitative estimate of drug-likeness (QED) is 0.869. The molecule has 1 aliphatic heterocycles. The van der Waals surface area contributed by atoms with Crippen molar-refractivity contribution in [2.75, 3.05) is 6.54 Å². The van der Waals surface area contributed by atoms with E-state index in [9.17, 15) is 9.18 Å². The SMILES string of the molecule is O=C(NC1CCCCC1)c1cc(Cc2cccc(F)c2)c2c(n1)CNCC2. The van der Waals surface area contributed by atoms with E-state index in [1.165, 1.54) is 30.9 Å². The zero-order chi connectivity index (χ0) is 18.6. The van der Waals surface area contributed by atoms with Crippen molar-refractivity contribution in [2.24, 2.45) is 0 Å². The smallest absolute Gasteiger partial charge is 0.270 e. The van der Waals surface area contributed by atoms with Gasteiger partial charge in [-0.05, 0) is 67.1 Å². The lowest BCUT2D eigenvalue weighted by atomic mass is 9.93. The molecule has 5 heteroatoms. The van der Waals surface area contributed by atoms with Crippen molar-refractivity contribution in [1.29, 1.82) is 0 Å². The van der Waals surface area contributed by atoms with Gasteiger partial charge in [0.2, 0.25) is 0 Å². The maximum Gasteiger partial charge on any atom is 0.270 e. The predicted octanol–water partition coefficient (Wildman–Crippen LogP) is 3.52. The van der Waals surface area contributed by atoms with Crippen LogP contribution in [-0.4, -0.2) is 23.5 Å². The van der Waals surface area contributed by atoms with E-state index in [2.05, 4.69) is 15.6 Å². The molecule has 0 unspecified atom stereocenters. The number of nitrogens with one attached hydrogen (secondary N) is 2. The normalized spacial score (nSPS) is 17.4. The van der Waals surface area contributed by atoms with E-state index >= 15 is 0 Å². The molecular weight excluding hydrogens is 341 g/mol. The molecule has 1 amide bonds. The van der Waals surface area contributed by atoms with Gasteiger partial charge in [0.15, 0.2) is 0 Å². The number of hydrogen-bond donors (Lipinski definition) is 2. The fraction of sp³-hybridized carbons (Fsp3) is 0.455. The summed E-state index contributed by atoms with van der Waals surface area (Å²) in [6.07, 6.45) is 7.22. The number of aromatic nitrogens is 1. The van der Waals surface area contributed by atoms with E-state index in [4.69, 9.17) is 0 Å². The van der Waals surface area contributed by atoms with Gasteiger partial charge in [-0.15, -0.1) is 0 Å². The van der Waals surface area contributed by atoms with Crippen LogP contribution in [0, 0.1) is 5.82 Å². The summed E-state index contributed by atoms with van der Waals surface area (Å²) in [4.78, 5) is 17.5. The summed E-state index contributed by atoms with van der Waals surface area (Å²) in [6, 6.07) is 8.85. The summed E-state index contributed by atoms with van der Waals surface area (Å²) in [5.74, 6) is -0.317. The van der Waals surface area contributed by atoms with Crippen LogP contribution in [0.1, 0.15) is 65.0 Å².